The van der Waals surface area contributed by atoms with Crippen LogP contribution in [0.15, 0.2) is 47.8 Å². The minimum Gasteiger partial charge on any atom is -0.490 e. The van der Waals surface area contributed by atoms with Crippen LogP contribution in [0, 0.1) is 5.82 Å². The largest absolute Gasteiger partial charge is 0.490 e. The number of thiazole rings is 1. The summed E-state index contributed by atoms with van der Waals surface area (Å²) >= 11 is 1.25. The lowest BCUT2D eigenvalue weighted by Crippen LogP contribution is -2.00. The lowest BCUT2D eigenvalue weighted by molar-refractivity contribution is 0.0691. The van der Waals surface area contributed by atoms with Crippen molar-refractivity contribution in [3.8, 4) is 22.1 Å². The van der Waals surface area contributed by atoms with E-state index in [1.54, 1.807) is 30.3 Å². The Morgan fingerprint density at radius 3 is 2.58 bits per heavy atom. The summed E-state index contributed by atoms with van der Waals surface area (Å²) in [5.74, 6) is -0.261. The van der Waals surface area contributed by atoms with Crippen molar-refractivity contribution in [2.75, 3.05) is 6.61 Å². The highest BCUT2D eigenvalue weighted by Gasteiger charge is 2.13. The molecule has 0 unspecified atom stereocenters. The number of halogens is 1. The summed E-state index contributed by atoms with van der Waals surface area (Å²) in [6, 6.07) is 11.4. The second kappa shape index (κ2) is 7.97. The number of aromatic carboxylic acids is 1. The maximum Gasteiger partial charge on any atom is 0.355 e. The maximum atomic E-state index is 13.0. The second-order valence-corrected chi connectivity index (χ2v) is 6.21. The molecule has 0 aliphatic carbocycles. The van der Waals surface area contributed by atoms with E-state index in [0.717, 1.165) is 11.1 Å². The van der Waals surface area contributed by atoms with Gasteiger partial charge in [-0.2, -0.15) is 0 Å². The molecule has 2 aromatic carbocycles. The number of ether oxygens (including phenoxy) is 2. The molecule has 0 saturated heterocycles. The Morgan fingerprint density at radius 1 is 1.15 bits per heavy atom. The maximum absolute atomic E-state index is 13.0. The van der Waals surface area contributed by atoms with E-state index in [1.807, 2.05) is 6.92 Å². The second-order valence-electron chi connectivity index (χ2n) is 5.35. The summed E-state index contributed by atoms with van der Waals surface area (Å²) in [5.41, 5.74) is 1.60. The molecule has 0 saturated carbocycles. The quantitative estimate of drug-likeness (QED) is 0.654. The van der Waals surface area contributed by atoms with E-state index >= 15 is 0 Å². The Morgan fingerprint density at radius 2 is 1.92 bits per heavy atom. The van der Waals surface area contributed by atoms with Crippen LogP contribution in [-0.4, -0.2) is 22.7 Å². The summed E-state index contributed by atoms with van der Waals surface area (Å²) in [7, 11) is 0. The number of rotatable bonds is 7. The van der Waals surface area contributed by atoms with Crippen molar-refractivity contribution in [2.24, 2.45) is 0 Å². The minimum absolute atomic E-state index is 0.0135. The van der Waals surface area contributed by atoms with Gasteiger partial charge in [0.15, 0.2) is 17.2 Å². The highest BCUT2D eigenvalue weighted by Crippen LogP contribution is 2.34. The molecule has 0 aliphatic rings. The van der Waals surface area contributed by atoms with E-state index < -0.39 is 5.97 Å². The van der Waals surface area contributed by atoms with Gasteiger partial charge in [0, 0.05) is 10.9 Å². The van der Waals surface area contributed by atoms with E-state index in [9.17, 15) is 9.18 Å². The zero-order chi connectivity index (χ0) is 18.5. The van der Waals surface area contributed by atoms with Gasteiger partial charge < -0.3 is 14.6 Å². The van der Waals surface area contributed by atoms with Crippen LogP contribution in [-0.2, 0) is 6.61 Å². The third-order valence-electron chi connectivity index (χ3n) is 3.52. The van der Waals surface area contributed by atoms with E-state index in [-0.39, 0.29) is 18.1 Å². The lowest BCUT2D eigenvalue weighted by atomic mass is 10.2. The summed E-state index contributed by atoms with van der Waals surface area (Å²) in [5, 5.41) is 11.1. The predicted molar refractivity (Wildman–Crippen MR) is 96.4 cm³/mol. The van der Waals surface area contributed by atoms with Gasteiger partial charge in [0.2, 0.25) is 0 Å². The summed E-state index contributed by atoms with van der Waals surface area (Å²) in [6.45, 7) is 2.59. The van der Waals surface area contributed by atoms with Crippen LogP contribution < -0.4 is 9.47 Å². The molecule has 1 heterocycles. The molecule has 1 N–H and O–H groups in total. The van der Waals surface area contributed by atoms with Crippen LogP contribution in [0.3, 0.4) is 0 Å². The topological polar surface area (TPSA) is 68.7 Å². The summed E-state index contributed by atoms with van der Waals surface area (Å²) in [6.07, 6.45) is 0. The van der Waals surface area contributed by atoms with Gasteiger partial charge in [-0.15, -0.1) is 11.3 Å². The van der Waals surface area contributed by atoms with E-state index in [4.69, 9.17) is 14.6 Å². The molecule has 0 spiro atoms. The van der Waals surface area contributed by atoms with Crippen molar-refractivity contribution in [3.05, 3.63) is 64.9 Å². The zero-order valence-corrected chi connectivity index (χ0v) is 14.8. The van der Waals surface area contributed by atoms with Crippen LogP contribution in [0.2, 0.25) is 0 Å². The van der Waals surface area contributed by atoms with Crippen molar-refractivity contribution < 1.29 is 23.8 Å². The molecule has 0 bridgehead atoms. The van der Waals surface area contributed by atoms with Crippen LogP contribution in [0.1, 0.15) is 23.0 Å². The molecule has 0 aliphatic heterocycles. The number of carbonyl (C=O) groups is 1. The van der Waals surface area contributed by atoms with Gasteiger partial charge in [0.05, 0.1) is 6.61 Å². The van der Waals surface area contributed by atoms with Gasteiger partial charge in [-0.3, -0.25) is 0 Å². The van der Waals surface area contributed by atoms with Crippen molar-refractivity contribution >= 4 is 17.3 Å². The van der Waals surface area contributed by atoms with Crippen molar-refractivity contribution in [2.45, 2.75) is 13.5 Å². The van der Waals surface area contributed by atoms with Gasteiger partial charge in [-0.05, 0) is 42.8 Å². The predicted octanol–water partition coefficient (Wildman–Crippen LogP) is 4.63. The standard InChI is InChI=1S/C19H16FNO4S/c1-2-24-17-9-13(18-21-15(11-26-18)19(22)23)5-8-16(17)25-10-12-3-6-14(20)7-4-12/h3-9,11H,2,10H2,1H3,(H,22,23). The number of carboxylic acid groups (broad SMARTS) is 1. The van der Waals surface area contributed by atoms with Gasteiger partial charge in [-0.1, -0.05) is 12.1 Å². The molecule has 7 heteroatoms. The molecule has 3 aromatic rings. The van der Waals surface area contributed by atoms with Gasteiger partial charge in [0.25, 0.3) is 0 Å². The fraction of sp³-hybridized carbons (Fsp3) is 0.158. The van der Waals surface area contributed by atoms with Crippen LogP contribution in [0.5, 0.6) is 11.5 Å². The first-order chi connectivity index (χ1) is 12.6. The number of hydrogen-bond donors (Lipinski definition) is 1. The van der Waals surface area contributed by atoms with E-state index in [0.29, 0.717) is 23.1 Å². The van der Waals surface area contributed by atoms with Crippen LogP contribution in [0.25, 0.3) is 10.6 Å². The van der Waals surface area contributed by atoms with Crippen LogP contribution in [0.4, 0.5) is 4.39 Å². The van der Waals surface area contributed by atoms with E-state index in [2.05, 4.69) is 4.98 Å². The Labute approximate surface area is 153 Å². The average molecular weight is 373 g/mol. The first-order valence-corrected chi connectivity index (χ1v) is 8.78. The molecule has 0 atom stereocenters. The van der Waals surface area contributed by atoms with Crippen molar-refractivity contribution in [1.29, 1.82) is 0 Å². The van der Waals surface area contributed by atoms with Gasteiger partial charge >= 0.3 is 5.97 Å². The molecule has 3 rings (SSSR count). The van der Waals surface area contributed by atoms with Gasteiger partial charge in [0.1, 0.15) is 17.4 Å². The molecule has 0 amide bonds. The van der Waals surface area contributed by atoms with Crippen molar-refractivity contribution in [1.82, 2.24) is 4.98 Å². The number of aromatic nitrogens is 1. The highest BCUT2D eigenvalue weighted by molar-refractivity contribution is 7.13. The number of nitrogens with zero attached hydrogens (tertiary/aromatic N) is 1. The molecular formula is C19H16FNO4S. The normalized spacial score (nSPS) is 10.5. The number of benzene rings is 2. The zero-order valence-electron chi connectivity index (χ0n) is 13.9. The fourth-order valence-electron chi connectivity index (χ4n) is 2.27. The molecule has 0 radical (unpaired) electrons. The average Bonchev–Trinajstić information content (AvgIpc) is 3.13. The Hall–Kier alpha value is -2.93. The molecule has 1 aromatic heterocycles. The first kappa shape index (κ1) is 17.9. The Balaban J connectivity index is 1.81. The van der Waals surface area contributed by atoms with Crippen molar-refractivity contribution in [3.63, 3.8) is 0 Å². The number of hydrogen-bond acceptors (Lipinski definition) is 5. The van der Waals surface area contributed by atoms with E-state index in [1.165, 1.54) is 28.8 Å². The molecular weight excluding hydrogens is 357 g/mol. The SMILES string of the molecule is CCOc1cc(-c2nc(C(=O)O)cs2)ccc1OCc1ccc(F)cc1. The molecule has 0 fully saturated rings. The minimum atomic E-state index is -1.06. The molecule has 26 heavy (non-hydrogen) atoms. The lowest BCUT2D eigenvalue weighted by Gasteiger charge is -2.13. The first-order valence-electron chi connectivity index (χ1n) is 7.90. The Bertz CT molecular complexity index is 908. The third kappa shape index (κ3) is 4.18. The molecule has 5 nitrogen and oxygen atoms in total. The summed E-state index contributed by atoms with van der Waals surface area (Å²) < 4.78 is 24.4. The highest BCUT2D eigenvalue weighted by atomic mass is 32.1. The number of carboxylic acids is 1. The summed E-state index contributed by atoms with van der Waals surface area (Å²) in [4.78, 5) is 15.1. The van der Waals surface area contributed by atoms with Gasteiger partial charge in [-0.25, -0.2) is 14.2 Å². The smallest absolute Gasteiger partial charge is 0.355 e. The van der Waals surface area contributed by atoms with Crippen LogP contribution >= 0.6 is 11.3 Å². The third-order valence-corrected chi connectivity index (χ3v) is 4.41. The Kier molecular flexibility index (Phi) is 5.48. The fourth-order valence-corrected chi connectivity index (χ4v) is 3.07. The molecule has 134 valence electrons. The monoisotopic (exact) mass is 373 g/mol.